The monoisotopic (exact) mass is 288 g/mol. The number of hydrogen-bond acceptors (Lipinski definition) is 1. The maximum atomic E-state index is 12.6. The highest BCUT2D eigenvalue weighted by Crippen LogP contribution is 2.30. The highest BCUT2D eigenvalue weighted by molar-refractivity contribution is 5.69. The van der Waals surface area contributed by atoms with Crippen LogP contribution in [0.4, 0.5) is 13.2 Å². The first-order valence-corrected chi connectivity index (χ1v) is 6.73. The van der Waals surface area contributed by atoms with Crippen LogP contribution in [0.2, 0.25) is 0 Å². The molecule has 0 aliphatic rings. The van der Waals surface area contributed by atoms with Crippen LogP contribution >= 0.6 is 0 Å². The SMILES string of the molecule is CCCCC(CCc1cccc(C(F)(F)F)c1)C(=O)O. The van der Waals surface area contributed by atoms with E-state index in [9.17, 15) is 18.0 Å². The van der Waals surface area contributed by atoms with Gasteiger partial charge in [-0.15, -0.1) is 0 Å². The summed E-state index contributed by atoms with van der Waals surface area (Å²) in [7, 11) is 0. The smallest absolute Gasteiger partial charge is 0.416 e. The molecule has 1 N–H and O–H groups in total. The summed E-state index contributed by atoms with van der Waals surface area (Å²) in [4.78, 5) is 11.1. The van der Waals surface area contributed by atoms with E-state index in [4.69, 9.17) is 5.11 Å². The molecule has 1 aromatic rings. The second-order valence-corrected chi connectivity index (χ2v) is 4.91. The number of carboxylic acids is 1. The normalized spacial score (nSPS) is 13.2. The van der Waals surface area contributed by atoms with Crippen molar-refractivity contribution >= 4 is 5.97 Å². The summed E-state index contributed by atoms with van der Waals surface area (Å²) in [5.41, 5.74) is -0.155. The predicted octanol–water partition coefficient (Wildman–Crippen LogP) is 4.53. The summed E-state index contributed by atoms with van der Waals surface area (Å²) in [6.45, 7) is 1.98. The van der Waals surface area contributed by atoms with Crippen LogP contribution in [0.25, 0.3) is 0 Å². The van der Waals surface area contributed by atoms with Crippen molar-refractivity contribution in [1.29, 1.82) is 0 Å². The van der Waals surface area contributed by atoms with Gasteiger partial charge in [-0.3, -0.25) is 4.79 Å². The van der Waals surface area contributed by atoms with Gasteiger partial charge < -0.3 is 5.11 Å². The fourth-order valence-electron chi connectivity index (χ4n) is 2.09. The van der Waals surface area contributed by atoms with Gasteiger partial charge in [-0.1, -0.05) is 38.0 Å². The van der Waals surface area contributed by atoms with E-state index in [1.54, 1.807) is 6.07 Å². The number of carboxylic acid groups (broad SMARTS) is 1. The minimum absolute atomic E-state index is 0.352. The number of aryl methyl sites for hydroxylation is 1. The molecular formula is C15H19F3O2. The van der Waals surface area contributed by atoms with Crippen LogP contribution in [-0.4, -0.2) is 11.1 Å². The molecule has 112 valence electrons. The lowest BCUT2D eigenvalue weighted by molar-refractivity contribution is -0.142. The van der Waals surface area contributed by atoms with Gasteiger partial charge in [0.25, 0.3) is 0 Å². The maximum Gasteiger partial charge on any atom is 0.416 e. The van der Waals surface area contributed by atoms with Gasteiger partial charge in [-0.2, -0.15) is 13.2 Å². The molecule has 0 saturated carbocycles. The molecule has 0 aromatic heterocycles. The standard InChI is InChI=1S/C15H19F3O2/c1-2-3-6-12(14(19)20)9-8-11-5-4-7-13(10-11)15(16,17)18/h4-5,7,10,12H,2-3,6,8-9H2,1H3,(H,19,20). The second-order valence-electron chi connectivity index (χ2n) is 4.91. The molecule has 0 amide bonds. The lowest BCUT2D eigenvalue weighted by atomic mass is 9.94. The molecule has 0 spiro atoms. The molecule has 0 aliphatic carbocycles. The van der Waals surface area contributed by atoms with Crippen molar-refractivity contribution < 1.29 is 23.1 Å². The van der Waals surface area contributed by atoms with Gasteiger partial charge in [0.2, 0.25) is 0 Å². The third-order valence-electron chi connectivity index (χ3n) is 3.29. The summed E-state index contributed by atoms with van der Waals surface area (Å²) in [5, 5.41) is 9.08. The Hall–Kier alpha value is -1.52. The number of hydrogen-bond donors (Lipinski definition) is 1. The van der Waals surface area contributed by atoms with E-state index < -0.39 is 23.6 Å². The number of rotatable bonds is 7. The fraction of sp³-hybridized carbons (Fsp3) is 0.533. The molecule has 1 atom stereocenters. The lowest BCUT2D eigenvalue weighted by Gasteiger charge is -2.13. The largest absolute Gasteiger partial charge is 0.481 e. The third-order valence-corrected chi connectivity index (χ3v) is 3.29. The van der Waals surface area contributed by atoms with E-state index in [0.717, 1.165) is 25.0 Å². The van der Waals surface area contributed by atoms with Crippen molar-refractivity contribution in [2.24, 2.45) is 5.92 Å². The molecule has 1 aromatic carbocycles. The van der Waals surface area contributed by atoms with Crippen LogP contribution in [-0.2, 0) is 17.4 Å². The first-order valence-electron chi connectivity index (χ1n) is 6.73. The molecule has 0 bridgehead atoms. The van der Waals surface area contributed by atoms with Gasteiger partial charge in [0.15, 0.2) is 0 Å². The van der Waals surface area contributed by atoms with Crippen LogP contribution in [0.5, 0.6) is 0 Å². The molecule has 0 aliphatic heterocycles. The minimum atomic E-state index is -4.36. The van der Waals surface area contributed by atoms with Gasteiger partial charge in [0.05, 0.1) is 11.5 Å². The highest BCUT2D eigenvalue weighted by Gasteiger charge is 2.30. The van der Waals surface area contributed by atoms with Crippen LogP contribution in [0.3, 0.4) is 0 Å². The van der Waals surface area contributed by atoms with Crippen molar-refractivity contribution in [3.63, 3.8) is 0 Å². The molecule has 5 heteroatoms. The summed E-state index contributed by atoms with van der Waals surface area (Å²) >= 11 is 0. The van der Waals surface area contributed by atoms with Crippen molar-refractivity contribution in [3.8, 4) is 0 Å². The van der Waals surface area contributed by atoms with Crippen LogP contribution < -0.4 is 0 Å². The summed E-state index contributed by atoms with van der Waals surface area (Å²) < 4.78 is 37.7. The molecule has 0 radical (unpaired) electrons. The van der Waals surface area contributed by atoms with E-state index in [0.29, 0.717) is 24.8 Å². The van der Waals surface area contributed by atoms with Crippen LogP contribution in [0, 0.1) is 5.92 Å². The average Bonchev–Trinajstić information content (AvgIpc) is 2.37. The van der Waals surface area contributed by atoms with E-state index in [2.05, 4.69) is 0 Å². The molecule has 0 saturated heterocycles. The topological polar surface area (TPSA) is 37.3 Å². The number of unbranched alkanes of at least 4 members (excludes halogenated alkanes) is 1. The highest BCUT2D eigenvalue weighted by atomic mass is 19.4. The maximum absolute atomic E-state index is 12.6. The Morgan fingerprint density at radius 3 is 2.55 bits per heavy atom. The first-order chi connectivity index (χ1) is 9.34. The molecule has 2 nitrogen and oxygen atoms in total. The number of alkyl halides is 3. The van der Waals surface area contributed by atoms with Crippen molar-refractivity contribution in [1.82, 2.24) is 0 Å². The number of halogens is 3. The number of benzene rings is 1. The van der Waals surface area contributed by atoms with E-state index >= 15 is 0 Å². The Bertz CT molecular complexity index is 441. The summed E-state index contributed by atoms with van der Waals surface area (Å²) in [5.74, 6) is -1.35. The Morgan fingerprint density at radius 1 is 1.30 bits per heavy atom. The molecule has 0 heterocycles. The molecule has 1 rings (SSSR count). The predicted molar refractivity (Wildman–Crippen MR) is 70.4 cm³/mol. The average molecular weight is 288 g/mol. The fourth-order valence-corrected chi connectivity index (χ4v) is 2.09. The second kappa shape index (κ2) is 7.31. The van der Waals surface area contributed by atoms with Crippen molar-refractivity contribution in [2.75, 3.05) is 0 Å². The molecule has 20 heavy (non-hydrogen) atoms. The van der Waals surface area contributed by atoms with Crippen molar-refractivity contribution in [2.45, 2.75) is 45.2 Å². The Labute approximate surface area is 116 Å². The van der Waals surface area contributed by atoms with Crippen molar-refractivity contribution in [3.05, 3.63) is 35.4 Å². The van der Waals surface area contributed by atoms with Gasteiger partial charge in [0.1, 0.15) is 0 Å². The quantitative estimate of drug-likeness (QED) is 0.800. The Kier molecular flexibility index (Phi) is 6.05. The first kappa shape index (κ1) is 16.5. The van der Waals surface area contributed by atoms with E-state index in [-0.39, 0.29) is 0 Å². The summed E-state index contributed by atoms with van der Waals surface area (Å²) in [6, 6.07) is 5.09. The number of carbonyl (C=O) groups is 1. The minimum Gasteiger partial charge on any atom is -0.481 e. The van der Waals surface area contributed by atoms with Gasteiger partial charge in [0, 0.05) is 0 Å². The molecule has 0 fully saturated rings. The van der Waals surface area contributed by atoms with Gasteiger partial charge in [-0.05, 0) is 30.9 Å². The Balaban J connectivity index is 2.66. The van der Waals surface area contributed by atoms with E-state index in [1.165, 1.54) is 6.07 Å². The summed E-state index contributed by atoms with van der Waals surface area (Å²) in [6.07, 6.45) is -1.33. The Morgan fingerprint density at radius 2 is 2.00 bits per heavy atom. The van der Waals surface area contributed by atoms with Crippen LogP contribution in [0.1, 0.15) is 43.7 Å². The third kappa shape index (κ3) is 5.23. The van der Waals surface area contributed by atoms with Crippen LogP contribution in [0.15, 0.2) is 24.3 Å². The van der Waals surface area contributed by atoms with Gasteiger partial charge in [-0.25, -0.2) is 0 Å². The lowest BCUT2D eigenvalue weighted by Crippen LogP contribution is -2.14. The molecular weight excluding hydrogens is 269 g/mol. The zero-order valence-electron chi connectivity index (χ0n) is 11.4. The van der Waals surface area contributed by atoms with E-state index in [1.807, 2.05) is 6.92 Å². The van der Waals surface area contributed by atoms with Gasteiger partial charge >= 0.3 is 12.1 Å². The zero-order valence-corrected chi connectivity index (χ0v) is 11.4. The zero-order chi connectivity index (χ0) is 15.2. The number of aliphatic carboxylic acids is 1. The molecule has 1 unspecified atom stereocenters.